The van der Waals surface area contributed by atoms with Crippen LogP contribution in [-0.2, 0) is 16.0 Å². The fraction of sp³-hybridized carbons (Fsp3) is 0.560. The van der Waals surface area contributed by atoms with Gasteiger partial charge in [-0.15, -0.1) is 0 Å². The molecule has 0 spiro atoms. The van der Waals surface area contributed by atoms with Gasteiger partial charge in [-0.1, -0.05) is 43.2 Å². The second-order valence-electron chi connectivity index (χ2n) is 8.86. The van der Waals surface area contributed by atoms with Crippen LogP contribution in [0.15, 0.2) is 53.5 Å². The first-order valence-electron chi connectivity index (χ1n) is 11.0. The Kier molecular flexibility index (Phi) is 5.89. The van der Waals surface area contributed by atoms with Crippen molar-refractivity contribution < 1.29 is 14.6 Å². The maximum atomic E-state index is 12.1. The van der Waals surface area contributed by atoms with Crippen LogP contribution in [0, 0.1) is 17.8 Å². The molecule has 0 aliphatic heterocycles. The lowest BCUT2D eigenvalue weighted by molar-refractivity contribution is -0.119. The molecule has 150 valence electrons. The Morgan fingerprint density at radius 1 is 1.14 bits per heavy atom. The monoisotopic (exact) mass is 380 g/mol. The van der Waals surface area contributed by atoms with Crippen molar-refractivity contribution in [1.29, 1.82) is 0 Å². The minimum atomic E-state index is -0.102. The molecule has 0 heterocycles. The first-order valence-corrected chi connectivity index (χ1v) is 11.0. The van der Waals surface area contributed by atoms with Gasteiger partial charge in [-0.2, -0.15) is 0 Å². The predicted molar refractivity (Wildman–Crippen MR) is 111 cm³/mol. The van der Waals surface area contributed by atoms with Crippen molar-refractivity contribution in [1.82, 2.24) is 0 Å². The van der Waals surface area contributed by atoms with E-state index >= 15 is 0 Å². The highest BCUT2D eigenvalue weighted by Crippen LogP contribution is 2.50. The zero-order chi connectivity index (χ0) is 19.5. The van der Waals surface area contributed by atoms with Gasteiger partial charge in [0.1, 0.15) is 5.76 Å². The molecular formula is C25H32O3. The number of allylic oxidation sites excluding steroid dienone is 4. The minimum Gasteiger partial charge on any atom is -0.504 e. The standard InChI is InChI=1S/C25H32O3/c1-17(8-7-11-18-9-3-2-4-10-18)28-25-14-19-12-5-6-13-20(19)21-15-23(26)24(27)16-22(21)25/h2-4,9-10,16-17,19-21,27H,5-8,11-15H2,1H3/t17?,19-,20+,21?/m0/s1. The SMILES string of the molecule is CC(CCCc1ccccc1)OC1=C2C=C(O)C(=O)CC2[C@@H]2CCCC[C@H]2C1. The molecule has 4 atom stereocenters. The summed E-state index contributed by atoms with van der Waals surface area (Å²) in [5.41, 5.74) is 2.48. The summed E-state index contributed by atoms with van der Waals surface area (Å²) in [6, 6.07) is 10.6. The van der Waals surface area contributed by atoms with Crippen LogP contribution >= 0.6 is 0 Å². The van der Waals surface area contributed by atoms with Gasteiger partial charge in [0.15, 0.2) is 11.5 Å². The van der Waals surface area contributed by atoms with Crippen LogP contribution in [0.1, 0.15) is 63.9 Å². The molecule has 4 rings (SSSR count). The van der Waals surface area contributed by atoms with Crippen LogP contribution < -0.4 is 0 Å². The van der Waals surface area contributed by atoms with Gasteiger partial charge in [-0.25, -0.2) is 0 Å². The number of ketones is 1. The normalized spacial score (nSPS) is 28.2. The number of aliphatic hydroxyl groups excluding tert-OH is 1. The van der Waals surface area contributed by atoms with Crippen molar-refractivity contribution in [2.45, 2.75) is 70.8 Å². The lowest BCUT2D eigenvalue weighted by Gasteiger charge is -2.44. The molecule has 0 radical (unpaired) electrons. The van der Waals surface area contributed by atoms with Crippen molar-refractivity contribution in [2.24, 2.45) is 17.8 Å². The van der Waals surface area contributed by atoms with Crippen LogP contribution in [0.25, 0.3) is 0 Å². The van der Waals surface area contributed by atoms with Gasteiger partial charge in [0.05, 0.1) is 6.10 Å². The van der Waals surface area contributed by atoms with Gasteiger partial charge >= 0.3 is 0 Å². The second-order valence-corrected chi connectivity index (χ2v) is 8.86. The summed E-state index contributed by atoms with van der Waals surface area (Å²) in [6.07, 6.45) is 11.5. The first-order chi connectivity index (χ1) is 13.6. The van der Waals surface area contributed by atoms with Gasteiger partial charge in [-0.05, 0) is 74.0 Å². The number of aryl methyl sites for hydroxylation is 1. The van der Waals surface area contributed by atoms with Crippen LogP contribution in [0.5, 0.6) is 0 Å². The molecule has 2 unspecified atom stereocenters. The summed E-state index contributed by atoms with van der Waals surface area (Å²) in [5.74, 6) is 2.32. The average molecular weight is 381 g/mol. The Morgan fingerprint density at radius 2 is 1.93 bits per heavy atom. The summed E-state index contributed by atoms with van der Waals surface area (Å²) >= 11 is 0. The Balaban J connectivity index is 1.45. The van der Waals surface area contributed by atoms with E-state index in [2.05, 4.69) is 37.3 Å². The van der Waals surface area contributed by atoms with Gasteiger partial charge in [0.25, 0.3) is 0 Å². The van der Waals surface area contributed by atoms with Crippen LogP contribution in [0.2, 0.25) is 0 Å². The topological polar surface area (TPSA) is 46.5 Å². The summed E-state index contributed by atoms with van der Waals surface area (Å²) in [5, 5.41) is 10.1. The number of ether oxygens (including phenoxy) is 1. The zero-order valence-electron chi connectivity index (χ0n) is 16.9. The van der Waals surface area contributed by atoms with Crippen molar-refractivity contribution in [2.75, 3.05) is 0 Å². The summed E-state index contributed by atoms with van der Waals surface area (Å²) in [4.78, 5) is 12.1. The van der Waals surface area contributed by atoms with Crippen molar-refractivity contribution in [3.63, 3.8) is 0 Å². The van der Waals surface area contributed by atoms with Crippen LogP contribution in [-0.4, -0.2) is 17.0 Å². The lowest BCUT2D eigenvalue weighted by Crippen LogP contribution is -2.37. The highest BCUT2D eigenvalue weighted by molar-refractivity contribution is 5.95. The van der Waals surface area contributed by atoms with Crippen molar-refractivity contribution >= 4 is 5.78 Å². The van der Waals surface area contributed by atoms with Crippen molar-refractivity contribution in [3.8, 4) is 0 Å². The third-order valence-electron chi connectivity index (χ3n) is 6.90. The van der Waals surface area contributed by atoms with E-state index in [0.29, 0.717) is 18.3 Å². The third kappa shape index (κ3) is 4.19. The number of carbonyl (C=O) groups is 1. The minimum absolute atomic E-state index is 0.0849. The highest BCUT2D eigenvalue weighted by Gasteiger charge is 2.43. The molecule has 3 aliphatic rings. The zero-order valence-corrected chi connectivity index (χ0v) is 16.9. The van der Waals surface area contributed by atoms with Gasteiger partial charge < -0.3 is 9.84 Å². The first kappa shape index (κ1) is 19.3. The number of Topliss-reactive ketones (excluding diaryl/α,β-unsaturated/α-hetero) is 1. The Bertz CT molecular complexity index is 761. The molecule has 3 aliphatic carbocycles. The Labute approximate surface area is 168 Å². The summed E-state index contributed by atoms with van der Waals surface area (Å²) in [6.45, 7) is 2.15. The number of benzene rings is 1. The molecule has 1 aromatic rings. The predicted octanol–water partition coefficient (Wildman–Crippen LogP) is 5.91. The number of hydrogen-bond donors (Lipinski definition) is 1. The van der Waals surface area contributed by atoms with E-state index in [1.54, 1.807) is 6.08 Å². The van der Waals surface area contributed by atoms with Crippen LogP contribution in [0.3, 0.4) is 0 Å². The summed E-state index contributed by atoms with van der Waals surface area (Å²) in [7, 11) is 0. The van der Waals surface area contributed by atoms with E-state index in [1.807, 2.05) is 0 Å². The van der Waals surface area contributed by atoms with Crippen LogP contribution in [0.4, 0.5) is 0 Å². The van der Waals surface area contributed by atoms with E-state index in [4.69, 9.17) is 4.74 Å². The number of hydrogen-bond acceptors (Lipinski definition) is 3. The molecule has 28 heavy (non-hydrogen) atoms. The molecule has 3 nitrogen and oxygen atoms in total. The van der Waals surface area contributed by atoms with Gasteiger partial charge in [0, 0.05) is 12.8 Å². The smallest absolute Gasteiger partial charge is 0.197 e. The number of carbonyl (C=O) groups excluding carboxylic acids is 1. The molecule has 1 N–H and O–H groups in total. The van der Waals surface area contributed by atoms with Gasteiger partial charge in [-0.3, -0.25) is 4.79 Å². The molecule has 0 bridgehead atoms. The van der Waals surface area contributed by atoms with Gasteiger partial charge in [0.2, 0.25) is 0 Å². The second kappa shape index (κ2) is 8.55. The molecule has 1 fully saturated rings. The molecular weight excluding hydrogens is 348 g/mol. The number of aliphatic hydroxyl groups is 1. The maximum Gasteiger partial charge on any atom is 0.197 e. The maximum absolute atomic E-state index is 12.1. The Morgan fingerprint density at radius 3 is 2.75 bits per heavy atom. The lowest BCUT2D eigenvalue weighted by atomic mass is 9.62. The quantitative estimate of drug-likeness (QED) is 0.667. The molecule has 1 saturated carbocycles. The summed E-state index contributed by atoms with van der Waals surface area (Å²) < 4.78 is 6.44. The largest absolute Gasteiger partial charge is 0.504 e. The Hall–Kier alpha value is -2.03. The number of rotatable bonds is 6. The number of fused-ring (bicyclic) bond motifs is 3. The van der Waals surface area contributed by atoms with E-state index in [0.717, 1.165) is 37.0 Å². The molecule has 1 aromatic carbocycles. The van der Waals surface area contributed by atoms with E-state index in [1.165, 1.54) is 31.2 Å². The fourth-order valence-electron chi connectivity index (χ4n) is 5.45. The molecule has 0 saturated heterocycles. The van der Waals surface area contributed by atoms with E-state index in [-0.39, 0.29) is 23.6 Å². The molecule has 3 heteroatoms. The van der Waals surface area contributed by atoms with E-state index < -0.39 is 0 Å². The van der Waals surface area contributed by atoms with Crippen molar-refractivity contribution in [3.05, 3.63) is 59.1 Å². The third-order valence-corrected chi connectivity index (χ3v) is 6.90. The molecule has 0 aromatic heterocycles. The van der Waals surface area contributed by atoms with E-state index in [9.17, 15) is 9.90 Å². The fourth-order valence-corrected chi connectivity index (χ4v) is 5.45. The highest BCUT2D eigenvalue weighted by atomic mass is 16.5. The molecule has 0 amide bonds. The average Bonchev–Trinajstić information content (AvgIpc) is 2.70.